The Morgan fingerprint density at radius 3 is 0.555 bits per heavy atom. The second-order valence-electron chi connectivity index (χ2n) is 30.2. The molecule has 0 spiro atoms. The lowest BCUT2D eigenvalue weighted by Gasteiger charge is -2.34. The summed E-state index contributed by atoms with van der Waals surface area (Å²) in [5, 5.41) is 5.87. The Kier molecular flexibility index (Phi) is 39.4. The van der Waals surface area contributed by atoms with Crippen LogP contribution in [0.4, 0.5) is 0 Å². The maximum absolute atomic E-state index is 14.6. The smallest absolute Gasteiger partial charge is 0.261 e. The summed E-state index contributed by atoms with van der Waals surface area (Å²) in [5.41, 5.74) is 1.61. The van der Waals surface area contributed by atoms with E-state index in [-0.39, 0.29) is 124 Å². The molecule has 0 fully saturated rings. The van der Waals surface area contributed by atoms with Crippen molar-refractivity contribution in [1.29, 1.82) is 0 Å². The van der Waals surface area contributed by atoms with Crippen LogP contribution in [-0.2, 0) is 94.7 Å². The average Bonchev–Trinajstić information content (AvgIpc) is 0.690. The van der Waals surface area contributed by atoms with Gasteiger partial charge in [0.05, 0.1) is 255 Å². The number of fused-ring (bicyclic) bond motifs is 2. The number of carbonyl (C=O) groups is 4. The molecule has 18 atom stereocenters. The normalized spacial score (nSPS) is 18.5. The number of nitrogens with zero attached hydrogens (tertiary/aromatic N) is 2. The topological polar surface area (TPSA) is 259 Å². The second kappa shape index (κ2) is 47.0. The summed E-state index contributed by atoms with van der Waals surface area (Å²) >= 11 is 0. The van der Waals surface area contributed by atoms with Crippen molar-refractivity contribution in [2.24, 2.45) is 0 Å². The van der Waals surface area contributed by atoms with Gasteiger partial charge in [0, 0.05) is 47.2 Å². The van der Waals surface area contributed by atoms with Gasteiger partial charge in [0.2, 0.25) is 0 Å². The largest absolute Gasteiger partial charge is 0.382 e. The van der Waals surface area contributed by atoms with Crippen molar-refractivity contribution in [1.82, 2.24) is 9.80 Å². The number of carbonyl (C=O) groups excluding carboxylic acids is 4. The minimum absolute atomic E-state index is 0.0420. The van der Waals surface area contributed by atoms with Crippen LogP contribution in [0.2, 0.25) is 0 Å². The van der Waals surface area contributed by atoms with E-state index in [1.807, 2.05) is 135 Å². The van der Waals surface area contributed by atoms with E-state index in [9.17, 15) is 19.2 Å². The third-order valence-corrected chi connectivity index (χ3v) is 19.0. The van der Waals surface area contributed by atoms with Gasteiger partial charge in [-0.1, -0.05) is 24.3 Å². The maximum atomic E-state index is 14.6. The number of benzene rings is 5. The van der Waals surface area contributed by atoms with E-state index in [1.54, 1.807) is 52.3 Å². The van der Waals surface area contributed by atoms with Crippen molar-refractivity contribution < 1.29 is 114 Å². The molecule has 26 nitrogen and oxygen atoms in total. The van der Waals surface area contributed by atoms with Gasteiger partial charge in [0.1, 0.15) is 0 Å². The highest BCUT2D eigenvalue weighted by atomic mass is 16.6. The SMILES string of the molecule is COCCOCC(C)OCC(C)OCC(C)OCC(C)OCC(C)OCC(C)OCC(C)OCC(C)OCC(C)N1C(=O)c2ccc3c4ccc5c6c(ccc(c7ccc(c2c37)C1=O)c64)C(=O)N(C(C)COC(C)COC(C)COC(C)COC(C)COC(C)COC(C)COC(C)COC(C)COCCOC)C5=O. The molecule has 0 saturated heterocycles. The number of methoxy groups -OCH3 is 2. The summed E-state index contributed by atoms with van der Waals surface area (Å²) in [4.78, 5) is 60.8. The van der Waals surface area contributed by atoms with E-state index in [0.29, 0.717) is 152 Å². The predicted octanol–water partition coefficient (Wildman–Crippen LogP) is 11.5. The Balaban J connectivity index is 0.786. The molecule has 620 valence electrons. The number of rotatable bonds is 60. The Morgan fingerprint density at radius 1 is 0.218 bits per heavy atom. The first-order valence-corrected chi connectivity index (χ1v) is 39.5. The van der Waals surface area contributed by atoms with Crippen LogP contribution in [0.1, 0.15) is 166 Å². The number of hydrogen-bond donors (Lipinski definition) is 0. The first-order chi connectivity index (χ1) is 52.6. The molecule has 0 aromatic heterocycles. The summed E-state index contributed by atoms with van der Waals surface area (Å²) in [5.74, 6) is -1.67. The van der Waals surface area contributed by atoms with E-state index in [2.05, 4.69) is 0 Å². The minimum Gasteiger partial charge on any atom is -0.382 e. The number of hydrogen-bond acceptors (Lipinski definition) is 24. The van der Waals surface area contributed by atoms with Gasteiger partial charge < -0.3 is 94.7 Å². The molecule has 0 bridgehead atoms. The molecular weight excluding hydrogens is 1420 g/mol. The van der Waals surface area contributed by atoms with Crippen molar-refractivity contribution in [2.45, 2.75) is 234 Å². The summed E-state index contributed by atoms with van der Waals surface area (Å²) in [7, 11) is 3.29. The van der Waals surface area contributed by atoms with Gasteiger partial charge >= 0.3 is 0 Å². The van der Waals surface area contributed by atoms with Crippen LogP contribution in [-0.4, -0.2) is 303 Å². The maximum Gasteiger partial charge on any atom is 0.261 e. The molecule has 2 aliphatic rings. The summed E-state index contributed by atoms with van der Waals surface area (Å²) in [6.45, 7) is 43.5. The quantitative estimate of drug-likeness (QED) is 0.0152. The van der Waals surface area contributed by atoms with Crippen LogP contribution in [0, 0.1) is 0 Å². The summed E-state index contributed by atoms with van der Waals surface area (Å²) < 4.78 is 117. The number of imide groups is 2. The van der Waals surface area contributed by atoms with Crippen molar-refractivity contribution >= 4 is 66.7 Å². The molecule has 110 heavy (non-hydrogen) atoms. The molecule has 18 unspecified atom stereocenters. The lowest BCUT2D eigenvalue weighted by Crippen LogP contribution is -2.48. The van der Waals surface area contributed by atoms with Crippen LogP contribution in [0.5, 0.6) is 0 Å². The van der Waals surface area contributed by atoms with E-state index < -0.39 is 35.7 Å². The van der Waals surface area contributed by atoms with Crippen molar-refractivity contribution in [2.75, 3.05) is 160 Å². The highest BCUT2D eigenvalue weighted by Crippen LogP contribution is 2.47. The van der Waals surface area contributed by atoms with Crippen LogP contribution in [0.25, 0.3) is 43.1 Å². The van der Waals surface area contributed by atoms with Gasteiger partial charge in [-0.25, -0.2) is 0 Å². The Labute approximate surface area is 652 Å². The van der Waals surface area contributed by atoms with Gasteiger partial charge in [-0.15, -0.1) is 0 Å². The van der Waals surface area contributed by atoms with Crippen molar-refractivity contribution in [3.63, 3.8) is 0 Å². The van der Waals surface area contributed by atoms with Gasteiger partial charge in [0.15, 0.2) is 0 Å². The molecule has 0 N–H and O–H groups in total. The fourth-order valence-corrected chi connectivity index (χ4v) is 12.6. The highest BCUT2D eigenvalue weighted by molar-refractivity contribution is 6.41. The van der Waals surface area contributed by atoms with Gasteiger partial charge in [-0.05, 0) is 181 Å². The molecule has 7 rings (SSSR count). The zero-order chi connectivity index (χ0) is 80.1. The molecular formula is C84H130N2O24. The lowest BCUT2D eigenvalue weighted by molar-refractivity contribution is -0.110. The second-order valence-corrected chi connectivity index (χ2v) is 30.2. The molecule has 0 radical (unpaired) electrons. The number of ether oxygens (including phenoxy) is 20. The van der Waals surface area contributed by atoms with Crippen LogP contribution in [0.3, 0.4) is 0 Å². The Morgan fingerprint density at radius 2 is 0.382 bits per heavy atom. The molecule has 26 heteroatoms. The first-order valence-electron chi connectivity index (χ1n) is 39.5. The molecule has 2 aliphatic heterocycles. The lowest BCUT2D eigenvalue weighted by atomic mass is 9.82. The summed E-state index contributed by atoms with van der Waals surface area (Å²) in [6.07, 6.45) is -2.71. The first kappa shape index (κ1) is 92.1. The van der Waals surface area contributed by atoms with E-state index in [0.717, 1.165) is 32.3 Å². The third-order valence-electron chi connectivity index (χ3n) is 19.0. The van der Waals surface area contributed by atoms with E-state index in [4.69, 9.17) is 94.7 Å². The standard InChI is InChI=1S/C84H130N2O24/c1-51(33-95-55(5)37-99-59(9)41-103-63(13)45-107-67(17)49-109-65(15)47-105-61(11)43-101-57(7)39-97-53(3)35-93-31-29-91-19)85-81(87)73-25-21-69-71-23-27-75-80-76(28-24-72(78(71)80)70-22-26-74(82(85)88)79(73)77(69)70)84(90)86(83(75)89)52(2)34-96-56(6)38-100-60(10)42-104-64(14)46-108-68(18)50-110-66(16)48-106-62(12)44-102-58(8)40-98-54(4)36-94-32-30-92-20/h21-28,51-68H,29-50H2,1-20H3. The van der Waals surface area contributed by atoms with Gasteiger partial charge in [-0.3, -0.25) is 29.0 Å². The van der Waals surface area contributed by atoms with E-state index >= 15 is 0 Å². The Bertz CT molecular complexity index is 3220. The Hall–Kier alpha value is -5.12. The van der Waals surface area contributed by atoms with Crippen LogP contribution in [0.15, 0.2) is 48.5 Å². The van der Waals surface area contributed by atoms with Gasteiger partial charge in [0.25, 0.3) is 23.6 Å². The van der Waals surface area contributed by atoms with Crippen LogP contribution < -0.4 is 0 Å². The monoisotopic (exact) mass is 1550 g/mol. The van der Waals surface area contributed by atoms with Gasteiger partial charge in [-0.2, -0.15) is 0 Å². The minimum atomic E-state index is -0.608. The fourth-order valence-electron chi connectivity index (χ4n) is 12.6. The highest BCUT2D eigenvalue weighted by Gasteiger charge is 2.40. The molecule has 0 saturated carbocycles. The number of amides is 4. The van der Waals surface area contributed by atoms with Crippen molar-refractivity contribution in [3.8, 4) is 0 Å². The molecule has 2 heterocycles. The molecule has 4 amide bonds. The molecule has 0 aliphatic carbocycles. The van der Waals surface area contributed by atoms with Crippen molar-refractivity contribution in [3.05, 3.63) is 70.8 Å². The zero-order valence-electron chi connectivity index (χ0n) is 69.3. The van der Waals surface area contributed by atoms with E-state index in [1.165, 1.54) is 9.80 Å². The third kappa shape index (κ3) is 28.1. The fraction of sp³-hybridized carbons (Fsp3) is 0.714. The molecule has 5 aromatic carbocycles. The van der Waals surface area contributed by atoms with Crippen LogP contribution >= 0.6 is 0 Å². The zero-order valence-corrected chi connectivity index (χ0v) is 69.3. The molecule has 5 aromatic rings. The predicted molar refractivity (Wildman–Crippen MR) is 420 cm³/mol. The average molecular weight is 1550 g/mol. The summed E-state index contributed by atoms with van der Waals surface area (Å²) in [6, 6.07) is 13.5.